The maximum atomic E-state index is 15.2. The van der Waals surface area contributed by atoms with Gasteiger partial charge in [0.1, 0.15) is 66.7 Å². The summed E-state index contributed by atoms with van der Waals surface area (Å²) in [6.07, 6.45) is -0.759. The number of thiol groups is 2. The fourth-order valence-electron chi connectivity index (χ4n) is 10.0. The highest BCUT2D eigenvalue weighted by atomic mass is 32.1. The van der Waals surface area contributed by atoms with Gasteiger partial charge in [-0.15, -0.1) is 0 Å². The van der Waals surface area contributed by atoms with Gasteiger partial charge in [-0.05, 0) is 74.6 Å². The minimum Gasteiger partial charge on any atom is -0.508 e. The van der Waals surface area contributed by atoms with E-state index in [1.807, 2.05) is 0 Å². The Hall–Kier alpha value is -7.47. The molecular weight excluding hydrogens is 1180 g/mol. The average Bonchev–Trinajstić information content (AvgIpc) is 2.64. The fourth-order valence-corrected chi connectivity index (χ4v) is 10.5. The monoisotopic (exact) mass is 1270 g/mol. The number of hydrogen-bond donors (Lipinski definition) is 15. The number of ether oxygens (including phenoxy) is 1. The van der Waals surface area contributed by atoms with E-state index in [0.717, 1.165) is 0 Å². The molecule has 0 aliphatic carbocycles. The SMILES string of the molecule is C=CCOC(=O)NCCCC[C@H](NC(=O)[C@@H](NC(=O)[C@@H](N)CS)[C@@H](C)O)C(=O)N[C@@H](Cc1ccc(O)cc1)C(=O)N[C@@H](Cc1ccccc1)C(=O)N1CCC[C@H]1C(=O)N1C[C@H](O)C[C@H]1C(=O)N[C@H](C(=O)N[C@@H](CCC)C(=O)N[C@@H](CS)C(N)=O)[C@@H](C)CC. The Morgan fingerprint density at radius 2 is 1.28 bits per heavy atom. The molecule has 13 atom stereocenters. The lowest BCUT2D eigenvalue weighted by molar-refractivity contribution is -0.148. The molecule has 0 unspecified atom stereocenters. The second kappa shape index (κ2) is 36.7. The highest BCUT2D eigenvalue weighted by Gasteiger charge is 2.47. The molecule has 4 rings (SSSR count). The number of benzene rings is 2. The highest BCUT2D eigenvalue weighted by molar-refractivity contribution is 7.80. The van der Waals surface area contributed by atoms with Crippen LogP contribution in [0, 0.1) is 5.92 Å². The standard InChI is InChI=1S/C59H88N12O15S2/c1-6-15-40(51(77)67-44(32-88)49(61)75)63-55(81)47(33(4)8-3)68-54(80)46-29-38(74)30-71(46)58(84)45-19-14-25-70(45)57(83)43(28-35-16-10-9-11-17-35)66-53(79)42(27-36-20-22-37(73)23-21-36)65-52(78)41(18-12-13-24-62-59(85)86-26-7-2)64-56(82)48(34(5)72)69-50(76)39(60)31-87/h7,9-11,16-17,20-23,33-34,38-48,72-74,87-88H,2,6,8,12-15,18-19,24-32,60H2,1,3-5H3,(H2,61,75)(H,62,85)(H,63,81)(H,64,82)(H,65,78)(H,66,79)(H,67,77)(H,68,80)(H,69,76)/t33-,34+,38+,39-,40-,41-,42-,43-,44-,45-,46-,47-,48-/m0/s1. The van der Waals surface area contributed by atoms with Gasteiger partial charge in [0.2, 0.25) is 59.1 Å². The number of phenols is 1. The molecular formula is C59H88N12O15S2. The van der Waals surface area contributed by atoms with E-state index < -0.39 is 144 Å². The van der Waals surface area contributed by atoms with E-state index in [1.165, 1.54) is 47.1 Å². The molecule has 2 aromatic rings. The van der Waals surface area contributed by atoms with Gasteiger partial charge in [-0.2, -0.15) is 25.3 Å². The van der Waals surface area contributed by atoms with Crippen molar-refractivity contribution >= 4 is 90.4 Å². The lowest BCUT2D eigenvalue weighted by Gasteiger charge is -2.34. The molecule has 2 saturated heterocycles. The summed E-state index contributed by atoms with van der Waals surface area (Å²) in [6, 6.07) is 1.30. The van der Waals surface area contributed by atoms with E-state index in [-0.39, 0.29) is 94.9 Å². The van der Waals surface area contributed by atoms with Crippen LogP contribution in [0.1, 0.15) is 96.6 Å². The average molecular weight is 1270 g/mol. The number of β-amino-alcohol motifs (C(OH)–C–C–N with tert-alkyl or cyclic N) is 1. The first-order valence-electron chi connectivity index (χ1n) is 29.6. The number of primary amides is 1. The van der Waals surface area contributed by atoms with Crippen LogP contribution in [-0.2, 0) is 65.5 Å². The Kier molecular flexibility index (Phi) is 30.5. The number of carbonyl (C=O) groups is 11. The van der Waals surface area contributed by atoms with Crippen LogP contribution in [0.15, 0.2) is 67.3 Å². The Morgan fingerprint density at radius 3 is 1.88 bits per heavy atom. The number of nitrogens with zero attached hydrogens (tertiary/aromatic N) is 2. The number of hydrogen-bond acceptors (Lipinski definition) is 18. The van der Waals surface area contributed by atoms with Crippen LogP contribution in [0.25, 0.3) is 0 Å². The topological polar surface area (TPSA) is 412 Å². The summed E-state index contributed by atoms with van der Waals surface area (Å²) in [6.45, 7) is 9.82. The van der Waals surface area contributed by atoms with E-state index in [4.69, 9.17) is 16.2 Å². The molecule has 0 bridgehead atoms. The number of phenolic OH excluding ortho intramolecular Hbond substituents is 1. The molecule has 0 aromatic heterocycles. The molecule has 2 aliphatic heterocycles. The Balaban J connectivity index is 1.65. The van der Waals surface area contributed by atoms with E-state index >= 15 is 4.79 Å². The fraction of sp³-hybridized carbons (Fsp3) is 0.576. The second-order valence-electron chi connectivity index (χ2n) is 22.0. The van der Waals surface area contributed by atoms with Crippen LogP contribution in [0.4, 0.5) is 4.79 Å². The van der Waals surface area contributed by atoms with Gasteiger partial charge < -0.3 is 83.9 Å². The zero-order valence-corrected chi connectivity index (χ0v) is 52.0. The number of nitrogens with one attached hydrogen (secondary N) is 8. The molecule has 15 N–H and O–H groups in total. The smallest absolute Gasteiger partial charge is 0.407 e. The molecule has 0 saturated carbocycles. The van der Waals surface area contributed by atoms with Crippen molar-refractivity contribution in [1.82, 2.24) is 52.3 Å². The largest absolute Gasteiger partial charge is 0.508 e. The number of aromatic hydroxyl groups is 1. The number of aliphatic hydroxyl groups excluding tert-OH is 2. The van der Waals surface area contributed by atoms with E-state index in [2.05, 4.69) is 74.4 Å². The lowest BCUT2D eigenvalue weighted by atomic mass is 9.97. The quantitative estimate of drug-likeness (QED) is 0.0212. The number of unbranched alkanes of at least 4 members (excludes halogenated alkanes) is 1. The first-order chi connectivity index (χ1) is 41.9. The van der Waals surface area contributed by atoms with Crippen molar-refractivity contribution in [2.75, 3.05) is 37.7 Å². The maximum Gasteiger partial charge on any atom is 0.407 e. The number of aliphatic hydroxyl groups is 2. The Labute approximate surface area is 523 Å². The van der Waals surface area contributed by atoms with Crippen LogP contribution in [0.5, 0.6) is 5.75 Å². The van der Waals surface area contributed by atoms with Gasteiger partial charge in [0.15, 0.2) is 0 Å². The van der Waals surface area contributed by atoms with Gasteiger partial charge in [-0.1, -0.05) is 88.7 Å². The van der Waals surface area contributed by atoms with Crippen LogP contribution < -0.4 is 54.0 Å². The molecule has 11 amide bonds. The molecule has 0 spiro atoms. The Bertz CT molecular complexity index is 2710. The van der Waals surface area contributed by atoms with Gasteiger partial charge in [-0.3, -0.25) is 47.9 Å². The van der Waals surface area contributed by atoms with Crippen LogP contribution in [0.3, 0.4) is 0 Å². The van der Waals surface area contributed by atoms with Crippen molar-refractivity contribution in [3.05, 3.63) is 78.4 Å². The number of rotatable bonds is 35. The highest BCUT2D eigenvalue weighted by Crippen LogP contribution is 2.27. The van der Waals surface area contributed by atoms with Gasteiger partial charge >= 0.3 is 6.09 Å². The number of amides is 11. The molecule has 0 radical (unpaired) electrons. The van der Waals surface area contributed by atoms with Gasteiger partial charge in [0.25, 0.3) is 0 Å². The maximum absolute atomic E-state index is 15.2. The molecule has 29 heteroatoms. The first-order valence-corrected chi connectivity index (χ1v) is 30.8. The molecule has 27 nitrogen and oxygen atoms in total. The van der Waals surface area contributed by atoms with Crippen molar-refractivity contribution in [3.8, 4) is 5.75 Å². The summed E-state index contributed by atoms with van der Waals surface area (Å²) in [5, 5.41) is 52.8. The second-order valence-corrected chi connectivity index (χ2v) is 22.8. The van der Waals surface area contributed by atoms with Gasteiger partial charge in [0.05, 0.1) is 18.2 Å². The third kappa shape index (κ3) is 22.3. The molecule has 2 heterocycles. The number of likely N-dealkylation sites (tertiary alicyclic amines) is 2. The van der Waals surface area contributed by atoms with Crippen LogP contribution in [0.2, 0.25) is 0 Å². The van der Waals surface area contributed by atoms with Gasteiger partial charge in [0, 0.05) is 50.4 Å². The zero-order chi connectivity index (χ0) is 65.2. The predicted octanol–water partition coefficient (Wildman–Crippen LogP) is -1.49. The van der Waals surface area contributed by atoms with Gasteiger partial charge in [-0.25, -0.2) is 4.79 Å². The van der Waals surface area contributed by atoms with Crippen molar-refractivity contribution in [3.63, 3.8) is 0 Å². The summed E-state index contributed by atoms with van der Waals surface area (Å²) >= 11 is 8.12. The summed E-state index contributed by atoms with van der Waals surface area (Å²) in [4.78, 5) is 154. The molecule has 486 valence electrons. The summed E-state index contributed by atoms with van der Waals surface area (Å²) < 4.78 is 4.95. The van der Waals surface area contributed by atoms with Crippen molar-refractivity contribution in [2.45, 2.75) is 171 Å². The number of alkyl carbamates (subject to hydrolysis) is 1. The third-order valence-corrected chi connectivity index (χ3v) is 15.9. The third-order valence-electron chi connectivity index (χ3n) is 15.2. The Morgan fingerprint density at radius 1 is 0.705 bits per heavy atom. The van der Waals surface area contributed by atoms with Crippen molar-refractivity contribution < 1.29 is 72.8 Å². The number of nitrogens with two attached hydrogens (primary N) is 2. The zero-order valence-electron chi connectivity index (χ0n) is 50.2. The van der Waals surface area contributed by atoms with E-state index in [1.54, 1.807) is 51.1 Å². The van der Waals surface area contributed by atoms with Crippen molar-refractivity contribution in [1.29, 1.82) is 0 Å². The minimum absolute atomic E-state index is 0.0374. The summed E-state index contributed by atoms with van der Waals surface area (Å²) in [7, 11) is 0. The van der Waals surface area contributed by atoms with Crippen LogP contribution in [-0.4, -0.2) is 201 Å². The van der Waals surface area contributed by atoms with Crippen molar-refractivity contribution in [2.24, 2.45) is 17.4 Å². The molecule has 2 fully saturated rings. The number of carbonyl (C=O) groups excluding carboxylic acids is 11. The normalized spacial score (nSPS) is 18.9. The molecule has 2 aliphatic rings. The van der Waals surface area contributed by atoms with Crippen LogP contribution >= 0.6 is 25.3 Å². The first kappa shape index (κ1) is 73.0. The molecule has 2 aromatic carbocycles. The lowest BCUT2D eigenvalue weighted by Crippen LogP contribution is -2.61. The predicted molar refractivity (Wildman–Crippen MR) is 331 cm³/mol. The summed E-state index contributed by atoms with van der Waals surface area (Å²) in [5.41, 5.74) is 12.3. The minimum atomic E-state index is -1.60. The van der Waals surface area contributed by atoms with E-state index in [9.17, 15) is 63.3 Å². The van der Waals surface area contributed by atoms with E-state index in [0.29, 0.717) is 30.4 Å². The summed E-state index contributed by atoms with van der Waals surface area (Å²) in [5.74, 6) is -8.75. The molecule has 88 heavy (non-hydrogen) atoms.